The summed E-state index contributed by atoms with van der Waals surface area (Å²) in [4.78, 5) is 0. The minimum atomic E-state index is -3.02. The number of nitrogens with one attached hydrogen (secondary N) is 1. The number of sulfonamides is 1. The molecule has 12 heavy (non-hydrogen) atoms. The lowest BCUT2D eigenvalue weighted by Gasteiger charge is -2.02. The van der Waals surface area contributed by atoms with E-state index in [-0.39, 0.29) is 5.75 Å². The van der Waals surface area contributed by atoms with Crippen molar-refractivity contribution >= 4 is 21.8 Å². The summed E-state index contributed by atoms with van der Waals surface area (Å²) in [6.45, 7) is 2.83. The van der Waals surface area contributed by atoms with Gasteiger partial charge in [0.25, 0.3) is 0 Å². The Balaban J connectivity index is 3.48. The van der Waals surface area contributed by atoms with Crippen molar-refractivity contribution in [3.63, 3.8) is 0 Å². The van der Waals surface area contributed by atoms with Gasteiger partial charge in [0.15, 0.2) is 0 Å². The normalized spacial score (nSPS) is 11.8. The highest BCUT2D eigenvalue weighted by Crippen LogP contribution is 1.99. The van der Waals surface area contributed by atoms with E-state index < -0.39 is 10.0 Å². The molecule has 0 amide bonds. The van der Waals surface area contributed by atoms with Gasteiger partial charge in [0.2, 0.25) is 10.0 Å². The van der Waals surface area contributed by atoms with E-state index in [0.717, 1.165) is 5.75 Å². The molecule has 6 heteroatoms. The first-order chi connectivity index (χ1) is 5.62. The average molecular weight is 212 g/mol. The SMILES string of the molecule is CCNS(=O)(=O)CCSCCN. The number of thioether (sulfide) groups is 1. The Kier molecular flexibility index (Phi) is 6.83. The summed E-state index contributed by atoms with van der Waals surface area (Å²) in [5.41, 5.74) is 5.25. The maximum Gasteiger partial charge on any atom is 0.212 e. The van der Waals surface area contributed by atoms with E-state index in [1.807, 2.05) is 0 Å². The molecule has 0 atom stereocenters. The molecule has 0 aliphatic carbocycles. The fraction of sp³-hybridized carbons (Fsp3) is 1.00. The topological polar surface area (TPSA) is 72.2 Å². The van der Waals surface area contributed by atoms with Crippen LogP contribution in [0.5, 0.6) is 0 Å². The molecule has 0 radical (unpaired) electrons. The Hall–Kier alpha value is 0.220. The molecule has 0 saturated carbocycles. The average Bonchev–Trinajstić information content (AvgIpc) is 1.98. The first-order valence-corrected chi connectivity index (χ1v) is 6.68. The van der Waals surface area contributed by atoms with Gasteiger partial charge < -0.3 is 5.73 Å². The van der Waals surface area contributed by atoms with Crippen LogP contribution in [0.15, 0.2) is 0 Å². The van der Waals surface area contributed by atoms with Crippen molar-refractivity contribution in [2.45, 2.75) is 6.92 Å². The van der Waals surface area contributed by atoms with Crippen molar-refractivity contribution in [3.8, 4) is 0 Å². The van der Waals surface area contributed by atoms with E-state index in [1.54, 1.807) is 18.7 Å². The van der Waals surface area contributed by atoms with Gasteiger partial charge in [-0.2, -0.15) is 11.8 Å². The predicted octanol–water partition coefficient (Wildman–Crippen LogP) is -0.382. The molecule has 0 bridgehead atoms. The van der Waals surface area contributed by atoms with Crippen LogP contribution in [0.25, 0.3) is 0 Å². The van der Waals surface area contributed by atoms with E-state index in [1.165, 1.54) is 0 Å². The summed E-state index contributed by atoms with van der Waals surface area (Å²) in [5.74, 6) is 1.62. The minimum Gasteiger partial charge on any atom is -0.330 e. The van der Waals surface area contributed by atoms with Gasteiger partial charge in [-0.1, -0.05) is 6.92 Å². The molecule has 0 aromatic carbocycles. The predicted molar refractivity (Wildman–Crippen MR) is 53.8 cm³/mol. The second-order valence-electron chi connectivity index (χ2n) is 2.22. The Morgan fingerprint density at radius 3 is 2.58 bits per heavy atom. The molecule has 0 aromatic heterocycles. The van der Waals surface area contributed by atoms with Gasteiger partial charge in [-0.3, -0.25) is 0 Å². The fourth-order valence-corrected chi connectivity index (χ4v) is 2.95. The van der Waals surface area contributed by atoms with Crippen molar-refractivity contribution in [2.75, 3.05) is 30.3 Å². The third-order valence-electron chi connectivity index (χ3n) is 1.12. The fourth-order valence-electron chi connectivity index (χ4n) is 0.646. The summed E-state index contributed by atoms with van der Waals surface area (Å²) in [6, 6.07) is 0. The van der Waals surface area contributed by atoms with Crippen LogP contribution in [0, 0.1) is 0 Å². The molecule has 0 aromatic rings. The van der Waals surface area contributed by atoms with Gasteiger partial charge in [0.1, 0.15) is 0 Å². The van der Waals surface area contributed by atoms with E-state index >= 15 is 0 Å². The van der Waals surface area contributed by atoms with Gasteiger partial charge in [0.05, 0.1) is 5.75 Å². The quantitative estimate of drug-likeness (QED) is 0.564. The van der Waals surface area contributed by atoms with Crippen LogP contribution in [-0.4, -0.2) is 38.8 Å². The van der Waals surface area contributed by atoms with E-state index in [0.29, 0.717) is 18.8 Å². The number of rotatable bonds is 7. The first-order valence-electron chi connectivity index (χ1n) is 3.87. The Labute approximate surface area is 78.3 Å². The van der Waals surface area contributed by atoms with Gasteiger partial charge in [-0.25, -0.2) is 13.1 Å². The molecule has 0 rings (SSSR count). The highest BCUT2D eigenvalue weighted by molar-refractivity contribution is 8.00. The molecule has 0 fully saturated rings. The largest absolute Gasteiger partial charge is 0.330 e. The summed E-state index contributed by atoms with van der Waals surface area (Å²) >= 11 is 1.56. The first kappa shape index (κ1) is 12.2. The van der Waals surface area contributed by atoms with Crippen LogP contribution < -0.4 is 10.5 Å². The van der Waals surface area contributed by atoms with Crippen molar-refractivity contribution in [1.29, 1.82) is 0 Å². The second kappa shape index (κ2) is 6.71. The van der Waals surface area contributed by atoms with Gasteiger partial charge in [-0.05, 0) is 0 Å². The molecule has 0 heterocycles. The van der Waals surface area contributed by atoms with E-state index in [9.17, 15) is 8.42 Å². The molecule has 0 unspecified atom stereocenters. The lowest BCUT2D eigenvalue weighted by molar-refractivity contribution is 0.585. The van der Waals surface area contributed by atoms with Crippen molar-refractivity contribution in [3.05, 3.63) is 0 Å². The van der Waals surface area contributed by atoms with Gasteiger partial charge >= 0.3 is 0 Å². The zero-order valence-corrected chi connectivity index (χ0v) is 8.88. The van der Waals surface area contributed by atoms with Crippen LogP contribution in [0.3, 0.4) is 0 Å². The molecular formula is C6H16N2O2S2. The van der Waals surface area contributed by atoms with Gasteiger partial charge in [0, 0.05) is 24.6 Å². The molecule has 4 nitrogen and oxygen atoms in total. The van der Waals surface area contributed by atoms with E-state index in [4.69, 9.17) is 5.73 Å². The lowest BCUT2D eigenvalue weighted by atomic mass is 10.8. The van der Waals surface area contributed by atoms with Crippen LogP contribution in [-0.2, 0) is 10.0 Å². The maximum atomic E-state index is 11.0. The maximum absolute atomic E-state index is 11.0. The smallest absolute Gasteiger partial charge is 0.212 e. The van der Waals surface area contributed by atoms with E-state index in [2.05, 4.69) is 4.72 Å². The zero-order chi connectivity index (χ0) is 9.45. The molecule has 3 N–H and O–H groups in total. The number of hydrogen-bond acceptors (Lipinski definition) is 4. The van der Waals surface area contributed by atoms with Crippen molar-refractivity contribution in [1.82, 2.24) is 4.72 Å². The molecule has 0 aliphatic rings. The monoisotopic (exact) mass is 212 g/mol. The van der Waals surface area contributed by atoms with Crippen LogP contribution in [0.1, 0.15) is 6.92 Å². The van der Waals surface area contributed by atoms with Crippen molar-refractivity contribution < 1.29 is 8.42 Å². The Morgan fingerprint density at radius 2 is 2.08 bits per heavy atom. The van der Waals surface area contributed by atoms with Crippen molar-refractivity contribution in [2.24, 2.45) is 5.73 Å². The Morgan fingerprint density at radius 1 is 1.42 bits per heavy atom. The summed E-state index contributed by atoms with van der Waals surface area (Å²) < 4.78 is 24.5. The molecule has 0 spiro atoms. The molecular weight excluding hydrogens is 196 g/mol. The van der Waals surface area contributed by atoms with Crippen LogP contribution in [0.2, 0.25) is 0 Å². The molecule has 0 saturated heterocycles. The summed E-state index contributed by atoms with van der Waals surface area (Å²) in [6.07, 6.45) is 0. The minimum absolute atomic E-state index is 0.186. The molecule has 0 aliphatic heterocycles. The van der Waals surface area contributed by atoms with Gasteiger partial charge in [-0.15, -0.1) is 0 Å². The highest BCUT2D eigenvalue weighted by Gasteiger charge is 2.06. The molecule has 74 valence electrons. The third-order valence-corrected chi connectivity index (χ3v) is 3.87. The second-order valence-corrected chi connectivity index (χ2v) is 5.37. The zero-order valence-electron chi connectivity index (χ0n) is 7.25. The Bertz CT molecular complexity index is 192. The summed E-state index contributed by atoms with van der Waals surface area (Å²) in [5, 5.41) is 0. The standard InChI is InChI=1S/C6H16N2O2S2/c1-2-8-12(9,10)6-5-11-4-3-7/h8H,2-7H2,1H3. The lowest BCUT2D eigenvalue weighted by Crippen LogP contribution is -2.27. The number of hydrogen-bond donors (Lipinski definition) is 2. The third kappa shape index (κ3) is 6.90. The van der Waals surface area contributed by atoms with Crippen LogP contribution in [0.4, 0.5) is 0 Å². The number of nitrogens with two attached hydrogens (primary N) is 1. The van der Waals surface area contributed by atoms with Crippen LogP contribution >= 0.6 is 11.8 Å². The highest BCUT2D eigenvalue weighted by atomic mass is 32.2. The summed E-state index contributed by atoms with van der Waals surface area (Å²) in [7, 11) is -3.02.